The fourth-order valence-corrected chi connectivity index (χ4v) is 10.2. The molecule has 0 N–H and O–H groups in total. The first kappa shape index (κ1) is 32.3. The van der Waals surface area contributed by atoms with Crippen molar-refractivity contribution in [3.8, 4) is 56.4 Å². The summed E-state index contributed by atoms with van der Waals surface area (Å²) < 4.78 is 20.5. The Kier molecular flexibility index (Phi) is 6.62. The molecule has 59 heavy (non-hydrogen) atoms. The standard InChI is InChI=1S/C55H33NO3/c1-2-16-35(17-3-1)56(36-18-12-15-34(33-36)37-23-13-29-48-51(37)41-22-7-11-28-47(41)57-48)46-27-14-30-49-53(46)59-54-50(58-49)32-31-45-52(54)40-21-6-10-26-44(40)55(45)42-24-8-4-19-38(42)39-20-5-9-25-43(39)55/h1-33H. The summed E-state index contributed by atoms with van der Waals surface area (Å²) in [6.07, 6.45) is 0. The monoisotopic (exact) mass is 755 g/mol. The van der Waals surface area contributed by atoms with Gasteiger partial charge in [0.2, 0.25) is 0 Å². The van der Waals surface area contributed by atoms with Gasteiger partial charge in [-0.3, -0.25) is 0 Å². The first-order valence-electron chi connectivity index (χ1n) is 20.1. The molecule has 0 bridgehead atoms. The van der Waals surface area contributed by atoms with Gasteiger partial charge in [-0.05, 0) is 105 Å². The Morgan fingerprint density at radius 3 is 1.81 bits per heavy atom. The lowest BCUT2D eigenvalue weighted by Crippen LogP contribution is -2.25. The molecule has 4 heteroatoms. The summed E-state index contributed by atoms with van der Waals surface area (Å²) in [5, 5.41) is 2.21. The zero-order chi connectivity index (χ0) is 38.7. The Bertz CT molecular complexity index is 3320. The lowest BCUT2D eigenvalue weighted by molar-refractivity contribution is 0.361. The van der Waals surface area contributed by atoms with Crippen LogP contribution in [0.3, 0.4) is 0 Å². The van der Waals surface area contributed by atoms with Crippen molar-refractivity contribution < 1.29 is 13.9 Å². The number of benzene rings is 9. The van der Waals surface area contributed by atoms with Crippen LogP contribution in [0.4, 0.5) is 17.1 Å². The van der Waals surface area contributed by atoms with E-state index < -0.39 is 5.41 Å². The minimum Gasteiger partial charge on any atom is -0.456 e. The maximum absolute atomic E-state index is 7.34. The summed E-state index contributed by atoms with van der Waals surface area (Å²) in [5.41, 5.74) is 16.1. The van der Waals surface area contributed by atoms with Crippen LogP contribution in [-0.2, 0) is 5.41 Å². The number of furan rings is 1. The summed E-state index contributed by atoms with van der Waals surface area (Å²) in [4.78, 5) is 2.27. The van der Waals surface area contributed by atoms with Crippen LogP contribution in [-0.4, -0.2) is 0 Å². The van der Waals surface area contributed by atoms with Gasteiger partial charge in [-0.1, -0.05) is 146 Å². The number of ether oxygens (including phenoxy) is 2. The predicted molar refractivity (Wildman–Crippen MR) is 237 cm³/mol. The maximum Gasteiger partial charge on any atom is 0.194 e. The zero-order valence-electron chi connectivity index (χ0n) is 31.7. The quantitative estimate of drug-likeness (QED) is 0.179. The van der Waals surface area contributed by atoms with Crippen molar-refractivity contribution in [1.29, 1.82) is 0 Å². The molecule has 2 heterocycles. The van der Waals surface area contributed by atoms with Gasteiger partial charge >= 0.3 is 0 Å². The van der Waals surface area contributed by atoms with Gasteiger partial charge in [0, 0.05) is 27.7 Å². The van der Waals surface area contributed by atoms with Crippen LogP contribution >= 0.6 is 0 Å². The van der Waals surface area contributed by atoms with E-state index >= 15 is 0 Å². The first-order valence-corrected chi connectivity index (χ1v) is 20.1. The van der Waals surface area contributed by atoms with Gasteiger partial charge in [0.25, 0.3) is 0 Å². The van der Waals surface area contributed by atoms with Gasteiger partial charge in [0.1, 0.15) is 11.2 Å². The summed E-state index contributed by atoms with van der Waals surface area (Å²) in [6.45, 7) is 0. The molecule has 9 aromatic carbocycles. The average molecular weight is 756 g/mol. The van der Waals surface area contributed by atoms with E-state index in [0.717, 1.165) is 67.0 Å². The molecule has 0 unspecified atom stereocenters. The Balaban J connectivity index is 1.00. The fourth-order valence-electron chi connectivity index (χ4n) is 10.2. The molecular formula is C55H33NO3. The molecule has 0 amide bonds. The van der Waals surface area contributed by atoms with Gasteiger partial charge in [-0.2, -0.15) is 0 Å². The largest absolute Gasteiger partial charge is 0.456 e. The molecule has 0 fully saturated rings. The molecule has 4 nitrogen and oxygen atoms in total. The molecule has 0 atom stereocenters. The van der Waals surface area contributed by atoms with Crippen LogP contribution in [0.2, 0.25) is 0 Å². The number of anilines is 3. The second kappa shape index (κ2) is 12.1. The summed E-state index contributed by atoms with van der Waals surface area (Å²) in [7, 11) is 0. The van der Waals surface area contributed by atoms with Crippen LogP contribution in [0, 0.1) is 0 Å². The van der Waals surface area contributed by atoms with E-state index in [0.29, 0.717) is 17.2 Å². The van der Waals surface area contributed by atoms with Gasteiger partial charge < -0.3 is 18.8 Å². The maximum atomic E-state index is 7.34. The van der Waals surface area contributed by atoms with Crippen molar-refractivity contribution in [3.05, 3.63) is 222 Å². The number of nitrogens with zero attached hydrogens (tertiary/aromatic N) is 1. The van der Waals surface area contributed by atoms with Gasteiger partial charge in [-0.25, -0.2) is 0 Å². The van der Waals surface area contributed by atoms with Crippen molar-refractivity contribution in [2.24, 2.45) is 0 Å². The topological polar surface area (TPSA) is 34.8 Å². The number of para-hydroxylation sites is 3. The summed E-state index contributed by atoms with van der Waals surface area (Å²) in [5.74, 6) is 2.76. The van der Waals surface area contributed by atoms with Gasteiger partial charge in [0.15, 0.2) is 23.0 Å². The molecule has 0 saturated heterocycles. The molecule has 1 aromatic heterocycles. The minimum atomic E-state index is -0.489. The van der Waals surface area contributed by atoms with Crippen molar-refractivity contribution in [3.63, 3.8) is 0 Å². The predicted octanol–water partition coefficient (Wildman–Crippen LogP) is 15.0. The number of hydrogen-bond acceptors (Lipinski definition) is 4. The normalized spacial score (nSPS) is 13.5. The molecule has 1 spiro atoms. The van der Waals surface area contributed by atoms with Crippen LogP contribution < -0.4 is 14.4 Å². The highest BCUT2D eigenvalue weighted by Crippen LogP contribution is 2.67. The molecule has 276 valence electrons. The Morgan fingerprint density at radius 2 is 1.00 bits per heavy atom. The third-order valence-corrected chi connectivity index (χ3v) is 12.5. The molecule has 10 aromatic rings. The number of hydrogen-bond donors (Lipinski definition) is 0. The highest BCUT2D eigenvalue weighted by Gasteiger charge is 2.53. The smallest absolute Gasteiger partial charge is 0.194 e. The van der Waals surface area contributed by atoms with Crippen LogP contribution in [0.5, 0.6) is 23.0 Å². The van der Waals surface area contributed by atoms with Gasteiger partial charge in [0.05, 0.1) is 11.1 Å². The van der Waals surface area contributed by atoms with Crippen molar-refractivity contribution >= 4 is 39.0 Å². The second-order valence-corrected chi connectivity index (χ2v) is 15.5. The van der Waals surface area contributed by atoms with E-state index in [-0.39, 0.29) is 0 Å². The SMILES string of the molecule is c1ccc(N(c2cccc(-c3cccc4oc5ccccc5c34)c2)c2cccc3c2Oc2c(ccc4c2-c2ccccc2C42c4ccccc4-c4ccccc42)O3)cc1. The zero-order valence-corrected chi connectivity index (χ0v) is 31.7. The highest BCUT2D eigenvalue weighted by atomic mass is 16.6. The molecule has 0 saturated carbocycles. The highest BCUT2D eigenvalue weighted by molar-refractivity contribution is 6.12. The molecule has 0 radical (unpaired) electrons. The summed E-state index contributed by atoms with van der Waals surface area (Å²) >= 11 is 0. The van der Waals surface area contributed by atoms with E-state index in [4.69, 9.17) is 13.9 Å². The third kappa shape index (κ3) is 4.37. The molecule has 2 aliphatic carbocycles. The minimum absolute atomic E-state index is 0.489. The average Bonchev–Trinajstić information content (AvgIpc) is 3.93. The van der Waals surface area contributed by atoms with Gasteiger partial charge in [-0.15, -0.1) is 0 Å². The van der Waals surface area contributed by atoms with E-state index in [1.54, 1.807) is 0 Å². The van der Waals surface area contributed by atoms with Crippen LogP contribution in [0.25, 0.3) is 55.3 Å². The van der Waals surface area contributed by atoms with Crippen molar-refractivity contribution in [2.45, 2.75) is 5.41 Å². The Hall–Kier alpha value is -7.82. The molecule has 13 rings (SSSR count). The first-order chi connectivity index (χ1) is 29.3. The third-order valence-electron chi connectivity index (χ3n) is 12.5. The lowest BCUT2D eigenvalue weighted by atomic mass is 9.70. The van der Waals surface area contributed by atoms with E-state index in [2.05, 4.69) is 175 Å². The molecular weight excluding hydrogens is 723 g/mol. The lowest BCUT2D eigenvalue weighted by Gasteiger charge is -2.32. The van der Waals surface area contributed by atoms with E-state index in [1.807, 2.05) is 30.3 Å². The Morgan fingerprint density at radius 1 is 0.390 bits per heavy atom. The van der Waals surface area contributed by atoms with E-state index in [9.17, 15) is 0 Å². The van der Waals surface area contributed by atoms with E-state index in [1.165, 1.54) is 33.4 Å². The van der Waals surface area contributed by atoms with Crippen molar-refractivity contribution in [2.75, 3.05) is 4.90 Å². The fraction of sp³-hybridized carbons (Fsp3) is 0.0182. The second-order valence-electron chi connectivity index (χ2n) is 15.5. The summed E-state index contributed by atoms with van der Waals surface area (Å²) in [6, 6.07) is 70.9. The van der Waals surface area contributed by atoms with Crippen LogP contribution in [0.15, 0.2) is 205 Å². The molecule has 3 aliphatic rings. The van der Waals surface area contributed by atoms with Crippen molar-refractivity contribution in [1.82, 2.24) is 0 Å². The molecule has 1 aliphatic heterocycles. The number of rotatable bonds is 4. The van der Waals surface area contributed by atoms with Crippen LogP contribution in [0.1, 0.15) is 22.3 Å². The Labute approximate surface area is 340 Å². The number of fused-ring (bicyclic) bond motifs is 16.